The Bertz CT molecular complexity index is 467. The molecule has 4 heteroatoms. The fourth-order valence-corrected chi connectivity index (χ4v) is 2.74. The molecule has 2 aliphatic heterocycles. The number of amides is 1. The summed E-state index contributed by atoms with van der Waals surface area (Å²) in [6, 6.07) is 6.01. The van der Waals surface area contributed by atoms with Gasteiger partial charge in [-0.15, -0.1) is 0 Å². The zero-order chi connectivity index (χ0) is 12.5. The third kappa shape index (κ3) is 2.02. The van der Waals surface area contributed by atoms with Crippen molar-refractivity contribution in [2.45, 2.75) is 18.9 Å². The van der Waals surface area contributed by atoms with E-state index in [-0.39, 0.29) is 11.9 Å². The van der Waals surface area contributed by atoms with Gasteiger partial charge in [-0.2, -0.15) is 0 Å². The fraction of sp³-hybridized carbons (Fsp3) is 0.500. The van der Waals surface area contributed by atoms with Crippen LogP contribution in [-0.2, 0) is 11.2 Å². The number of ether oxygens (including phenoxy) is 1. The van der Waals surface area contributed by atoms with Crippen LogP contribution in [0.4, 0.5) is 0 Å². The van der Waals surface area contributed by atoms with Gasteiger partial charge in [0.2, 0.25) is 0 Å². The molecule has 1 fully saturated rings. The van der Waals surface area contributed by atoms with Crippen molar-refractivity contribution in [3.05, 3.63) is 34.9 Å². The minimum Gasteiger partial charge on any atom is -0.381 e. The van der Waals surface area contributed by atoms with E-state index in [4.69, 9.17) is 10.5 Å². The zero-order valence-corrected chi connectivity index (χ0v) is 10.3. The van der Waals surface area contributed by atoms with Crippen molar-refractivity contribution < 1.29 is 9.53 Å². The average molecular weight is 246 g/mol. The van der Waals surface area contributed by atoms with Crippen LogP contribution in [0, 0.1) is 5.92 Å². The van der Waals surface area contributed by atoms with Crippen LogP contribution in [0.5, 0.6) is 0 Å². The molecule has 18 heavy (non-hydrogen) atoms. The van der Waals surface area contributed by atoms with Gasteiger partial charge < -0.3 is 15.8 Å². The molecule has 0 saturated carbocycles. The van der Waals surface area contributed by atoms with Gasteiger partial charge in [0.25, 0.3) is 5.91 Å². The first-order chi connectivity index (χ1) is 8.75. The monoisotopic (exact) mass is 246 g/mol. The molecule has 0 spiro atoms. The second-order valence-corrected chi connectivity index (χ2v) is 5.07. The summed E-state index contributed by atoms with van der Waals surface area (Å²) >= 11 is 0. The molecule has 2 atom stereocenters. The van der Waals surface area contributed by atoms with E-state index in [1.165, 1.54) is 0 Å². The highest BCUT2D eigenvalue weighted by Gasteiger charge is 2.25. The first-order valence-electron chi connectivity index (χ1n) is 6.50. The van der Waals surface area contributed by atoms with Crippen molar-refractivity contribution in [2.75, 3.05) is 19.8 Å². The van der Waals surface area contributed by atoms with Crippen molar-refractivity contribution in [3.63, 3.8) is 0 Å². The third-order valence-electron chi connectivity index (χ3n) is 3.92. The Balaban J connectivity index is 1.88. The van der Waals surface area contributed by atoms with Gasteiger partial charge >= 0.3 is 0 Å². The molecule has 96 valence electrons. The van der Waals surface area contributed by atoms with Crippen molar-refractivity contribution in [2.24, 2.45) is 11.7 Å². The summed E-state index contributed by atoms with van der Waals surface area (Å²) in [6.07, 6.45) is 1.91. The minimum atomic E-state index is -0.0347. The van der Waals surface area contributed by atoms with Crippen LogP contribution in [0.15, 0.2) is 18.2 Å². The highest BCUT2D eigenvalue weighted by molar-refractivity contribution is 5.96. The Morgan fingerprint density at radius 3 is 3.11 bits per heavy atom. The van der Waals surface area contributed by atoms with Gasteiger partial charge in [-0.25, -0.2) is 0 Å². The molecule has 1 saturated heterocycles. The molecule has 0 bridgehead atoms. The van der Waals surface area contributed by atoms with Crippen LogP contribution in [0.2, 0.25) is 0 Å². The molecule has 1 aromatic carbocycles. The molecule has 1 aromatic rings. The normalized spacial score (nSPS) is 24.5. The Kier molecular flexibility index (Phi) is 3.06. The molecule has 2 heterocycles. The van der Waals surface area contributed by atoms with E-state index in [0.717, 1.165) is 49.3 Å². The lowest BCUT2D eigenvalue weighted by atomic mass is 9.89. The smallest absolute Gasteiger partial charge is 0.251 e. The predicted octanol–water partition coefficient (Wildman–Crippen LogP) is 1.01. The number of carbonyl (C=O) groups excluding carboxylic acids is 1. The van der Waals surface area contributed by atoms with E-state index in [2.05, 4.69) is 11.4 Å². The topological polar surface area (TPSA) is 64.4 Å². The van der Waals surface area contributed by atoms with Crippen LogP contribution in [-0.4, -0.2) is 25.7 Å². The summed E-state index contributed by atoms with van der Waals surface area (Å²) in [6.45, 7) is 2.25. The van der Waals surface area contributed by atoms with Crippen molar-refractivity contribution >= 4 is 5.91 Å². The molecular formula is C14H18N2O2. The lowest BCUT2D eigenvalue weighted by Crippen LogP contribution is -2.32. The number of nitrogens with one attached hydrogen (secondary N) is 1. The molecule has 1 amide bonds. The highest BCUT2D eigenvalue weighted by atomic mass is 16.5. The van der Waals surface area contributed by atoms with Crippen LogP contribution >= 0.6 is 0 Å². The Morgan fingerprint density at radius 2 is 2.33 bits per heavy atom. The summed E-state index contributed by atoms with van der Waals surface area (Å²) in [4.78, 5) is 11.8. The fourth-order valence-electron chi connectivity index (χ4n) is 2.74. The maximum absolute atomic E-state index is 11.8. The predicted molar refractivity (Wildman–Crippen MR) is 68.3 cm³/mol. The molecule has 2 aliphatic rings. The Morgan fingerprint density at radius 1 is 1.44 bits per heavy atom. The third-order valence-corrected chi connectivity index (χ3v) is 3.92. The van der Waals surface area contributed by atoms with Crippen LogP contribution in [0.25, 0.3) is 0 Å². The molecule has 2 unspecified atom stereocenters. The van der Waals surface area contributed by atoms with E-state index in [1.807, 2.05) is 12.1 Å². The van der Waals surface area contributed by atoms with Gasteiger partial charge in [0, 0.05) is 30.7 Å². The SMILES string of the molecule is NC(c1ccc2c(c1)C(=O)NCC2)C1CCOC1. The second kappa shape index (κ2) is 4.71. The largest absolute Gasteiger partial charge is 0.381 e. The molecule has 0 aromatic heterocycles. The first kappa shape index (κ1) is 11.7. The lowest BCUT2D eigenvalue weighted by molar-refractivity contribution is 0.0946. The minimum absolute atomic E-state index is 0.0213. The number of benzene rings is 1. The highest BCUT2D eigenvalue weighted by Crippen LogP contribution is 2.28. The van der Waals surface area contributed by atoms with Crippen molar-refractivity contribution in [1.82, 2.24) is 5.32 Å². The van der Waals surface area contributed by atoms with Crippen molar-refractivity contribution in [1.29, 1.82) is 0 Å². The number of hydrogen-bond donors (Lipinski definition) is 2. The van der Waals surface area contributed by atoms with E-state index >= 15 is 0 Å². The molecular weight excluding hydrogens is 228 g/mol. The molecule has 4 nitrogen and oxygen atoms in total. The number of hydrogen-bond acceptors (Lipinski definition) is 3. The summed E-state index contributed by atoms with van der Waals surface area (Å²) < 4.78 is 5.37. The van der Waals surface area contributed by atoms with Gasteiger partial charge in [0.05, 0.1) is 6.61 Å². The molecule has 3 N–H and O–H groups in total. The number of nitrogens with two attached hydrogens (primary N) is 1. The van der Waals surface area contributed by atoms with Crippen LogP contribution in [0.3, 0.4) is 0 Å². The first-order valence-corrected chi connectivity index (χ1v) is 6.50. The molecule has 0 aliphatic carbocycles. The average Bonchev–Trinajstić information content (AvgIpc) is 2.92. The zero-order valence-electron chi connectivity index (χ0n) is 10.3. The van der Waals surface area contributed by atoms with Crippen LogP contribution in [0.1, 0.15) is 33.9 Å². The lowest BCUT2D eigenvalue weighted by Gasteiger charge is -2.22. The van der Waals surface area contributed by atoms with Gasteiger partial charge in [0.1, 0.15) is 0 Å². The summed E-state index contributed by atoms with van der Waals surface area (Å²) in [5.74, 6) is 0.391. The summed E-state index contributed by atoms with van der Waals surface area (Å²) in [7, 11) is 0. The number of fused-ring (bicyclic) bond motifs is 1. The van der Waals surface area contributed by atoms with Gasteiger partial charge in [-0.3, -0.25) is 4.79 Å². The number of carbonyl (C=O) groups is 1. The maximum atomic E-state index is 11.8. The van der Waals surface area contributed by atoms with Gasteiger partial charge in [-0.05, 0) is 30.0 Å². The van der Waals surface area contributed by atoms with Gasteiger partial charge in [-0.1, -0.05) is 12.1 Å². The van der Waals surface area contributed by atoms with Crippen LogP contribution < -0.4 is 11.1 Å². The quantitative estimate of drug-likeness (QED) is 0.818. The van der Waals surface area contributed by atoms with E-state index in [9.17, 15) is 4.79 Å². The molecule has 3 rings (SSSR count). The Hall–Kier alpha value is -1.39. The van der Waals surface area contributed by atoms with Gasteiger partial charge in [0.15, 0.2) is 0 Å². The molecule has 0 radical (unpaired) electrons. The van der Waals surface area contributed by atoms with E-state index in [0.29, 0.717) is 5.92 Å². The second-order valence-electron chi connectivity index (χ2n) is 5.07. The van der Waals surface area contributed by atoms with E-state index < -0.39 is 0 Å². The standard InChI is InChI=1S/C14H18N2O2/c15-13(11-4-6-18-8-11)10-2-1-9-3-5-16-14(17)12(9)7-10/h1-2,7,11,13H,3-6,8,15H2,(H,16,17). The summed E-state index contributed by atoms with van der Waals surface area (Å²) in [5, 5.41) is 2.87. The Labute approximate surface area is 107 Å². The van der Waals surface area contributed by atoms with E-state index in [1.54, 1.807) is 0 Å². The maximum Gasteiger partial charge on any atom is 0.251 e. The van der Waals surface area contributed by atoms with Crippen molar-refractivity contribution in [3.8, 4) is 0 Å². The summed E-state index contributed by atoms with van der Waals surface area (Å²) in [5.41, 5.74) is 9.22. The number of rotatable bonds is 2.